The van der Waals surface area contributed by atoms with Gasteiger partial charge in [-0.3, -0.25) is 4.79 Å². The number of benzene rings is 1. The lowest BCUT2D eigenvalue weighted by molar-refractivity contribution is -0.119. The second-order valence-electron chi connectivity index (χ2n) is 3.30. The molecule has 3 nitrogen and oxygen atoms in total. The molecule has 0 bridgehead atoms. The lowest BCUT2D eigenvalue weighted by atomic mass is 10.3. The molecule has 0 saturated carbocycles. The fourth-order valence-electron chi connectivity index (χ4n) is 1.11. The Bertz CT molecular complexity index is 397. The summed E-state index contributed by atoms with van der Waals surface area (Å²) >= 11 is 12.7. The zero-order chi connectivity index (χ0) is 12.7. The third-order valence-corrected chi connectivity index (χ3v) is 3.08. The van der Waals surface area contributed by atoms with Crippen LogP contribution in [-0.2, 0) is 4.79 Å². The third-order valence-electron chi connectivity index (χ3n) is 1.89. The van der Waals surface area contributed by atoms with Crippen molar-refractivity contribution in [3.8, 4) is 0 Å². The zero-order valence-electron chi connectivity index (χ0n) is 9.00. The van der Waals surface area contributed by atoms with Gasteiger partial charge in [0, 0.05) is 21.6 Å². The summed E-state index contributed by atoms with van der Waals surface area (Å²) in [5.41, 5.74) is 0.855. The molecular weight excluding hydrogens is 371 g/mol. The van der Waals surface area contributed by atoms with E-state index in [2.05, 4.69) is 33.2 Å². The van der Waals surface area contributed by atoms with Crippen LogP contribution in [-0.4, -0.2) is 16.9 Å². The Hall–Kier alpha value is -0.400. The van der Waals surface area contributed by atoms with E-state index < -0.39 is 0 Å². The molecule has 0 spiro atoms. The average Bonchev–Trinajstić information content (AvgIpc) is 2.29. The minimum Gasteiger partial charge on any atom is -0.332 e. The second kappa shape index (κ2) is 7.84. The molecule has 1 rings (SSSR count). The third kappa shape index (κ3) is 6.18. The van der Waals surface area contributed by atoms with Crippen molar-refractivity contribution in [3.63, 3.8) is 0 Å². The highest BCUT2D eigenvalue weighted by Gasteiger charge is 2.04. The summed E-state index contributed by atoms with van der Waals surface area (Å²) in [5, 5.41) is 5.85. The number of nitrogens with one attached hydrogen (secondary N) is 2. The van der Waals surface area contributed by atoms with E-state index in [0.717, 1.165) is 9.26 Å². The Morgan fingerprint density at radius 2 is 2.00 bits per heavy atom. The van der Waals surface area contributed by atoms with Crippen LogP contribution >= 0.6 is 46.4 Å². The maximum atomic E-state index is 11.4. The first kappa shape index (κ1) is 14.7. The molecule has 0 fully saturated rings. The number of halogens is 2. The Morgan fingerprint density at radius 3 is 2.59 bits per heavy atom. The quantitative estimate of drug-likeness (QED) is 0.478. The molecule has 92 valence electrons. The Morgan fingerprint density at radius 1 is 1.35 bits per heavy atom. The fraction of sp³-hybridized carbons (Fsp3) is 0.273. The summed E-state index contributed by atoms with van der Waals surface area (Å²) in [6.45, 7) is 0. The van der Waals surface area contributed by atoms with Gasteiger partial charge in [0.15, 0.2) is 5.11 Å². The molecule has 2 N–H and O–H groups in total. The van der Waals surface area contributed by atoms with Crippen LogP contribution in [0.4, 0.5) is 5.69 Å². The average molecular weight is 383 g/mol. The first-order valence-corrected chi connectivity index (χ1v) is 7.06. The molecule has 0 heterocycles. The van der Waals surface area contributed by atoms with E-state index in [1.807, 2.05) is 24.3 Å². The van der Waals surface area contributed by atoms with E-state index in [1.54, 1.807) is 0 Å². The van der Waals surface area contributed by atoms with Crippen LogP contribution in [0.3, 0.4) is 0 Å². The van der Waals surface area contributed by atoms with Crippen LogP contribution in [0, 0.1) is 3.57 Å². The van der Waals surface area contributed by atoms with Crippen LogP contribution in [0.15, 0.2) is 24.3 Å². The standard InChI is InChI=1S/C11H12ClIN2OS/c12-7-1-2-10(16)15-11(17)14-9-5-3-8(13)4-6-9/h3-6H,1-2,7H2,(H2,14,15,16,17). The van der Waals surface area contributed by atoms with Crippen molar-refractivity contribution >= 4 is 63.1 Å². The van der Waals surface area contributed by atoms with Crippen LogP contribution < -0.4 is 10.6 Å². The maximum Gasteiger partial charge on any atom is 0.226 e. The monoisotopic (exact) mass is 382 g/mol. The number of rotatable bonds is 4. The minimum atomic E-state index is -0.117. The molecule has 0 aromatic heterocycles. The molecule has 0 aliphatic carbocycles. The molecule has 0 aliphatic heterocycles. The number of carbonyl (C=O) groups is 1. The van der Waals surface area contributed by atoms with Gasteiger partial charge in [-0.2, -0.15) is 0 Å². The van der Waals surface area contributed by atoms with Crippen LogP contribution in [0.25, 0.3) is 0 Å². The van der Waals surface area contributed by atoms with Gasteiger partial charge in [0.05, 0.1) is 0 Å². The van der Waals surface area contributed by atoms with Gasteiger partial charge in [0.1, 0.15) is 0 Å². The van der Waals surface area contributed by atoms with Gasteiger partial charge in [0.25, 0.3) is 0 Å². The highest BCUT2D eigenvalue weighted by molar-refractivity contribution is 14.1. The van der Waals surface area contributed by atoms with E-state index in [9.17, 15) is 4.79 Å². The number of carbonyl (C=O) groups excluding carboxylic acids is 1. The molecule has 0 unspecified atom stereocenters. The van der Waals surface area contributed by atoms with E-state index in [-0.39, 0.29) is 5.91 Å². The minimum absolute atomic E-state index is 0.117. The SMILES string of the molecule is O=C(CCCCl)NC(=S)Nc1ccc(I)cc1. The Balaban J connectivity index is 2.39. The van der Waals surface area contributed by atoms with Crippen molar-refractivity contribution in [2.24, 2.45) is 0 Å². The maximum absolute atomic E-state index is 11.4. The molecule has 0 radical (unpaired) electrons. The number of thiocarbonyl (C=S) groups is 1. The molecule has 6 heteroatoms. The van der Waals surface area contributed by atoms with E-state index in [1.165, 1.54) is 0 Å². The van der Waals surface area contributed by atoms with Gasteiger partial charge in [-0.05, 0) is 65.5 Å². The molecule has 17 heavy (non-hydrogen) atoms. The largest absolute Gasteiger partial charge is 0.332 e. The zero-order valence-corrected chi connectivity index (χ0v) is 12.7. The summed E-state index contributed by atoms with van der Waals surface area (Å²) in [4.78, 5) is 11.4. The van der Waals surface area contributed by atoms with Crippen molar-refractivity contribution in [1.29, 1.82) is 0 Å². The Labute approximate surface area is 124 Å². The number of amides is 1. The summed E-state index contributed by atoms with van der Waals surface area (Å²) in [6, 6.07) is 7.72. The number of alkyl halides is 1. The second-order valence-corrected chi connectivity index (χ2v) is 5.33. The summed E-state index contributed by atoms with van der Waals surface area (Å²) in [7, 11) is 0. The summed E-state index contributed by atoms with van der Waals surface area (Å²) in [5.74, 6) is 0.360. The predicted octanol–water partition coefficient (Wildman–Crippen LogP) is 3.12. The molecule has 1 amide bonds. The molecule has 1 aromatic rings. The van der Waals surface area contributed by atoms with E-state index in [4.69, 9.17) is 23.8 Å². The van der Waals surface area contributed by atoms with Gasteiger partial charge in [-0.25, -0.2) is 0 Å². The molecule has 0 aliphatic rings. The van der Waals surface area contributed by atoms with Crippen LogP contribution in [0.1, 0.15) is 12.8 Å². The predicted molar refractivity (Wildman–Crippen MR) is 83.5 cm³/mol. The van der Waals surface area contributed by atoms with Crippen LogP contribution in [0.2, 0.25) is 0 Å². The van der Waals surface area contributed by atoms with Crippen molar-refractivity contribution in [1.82, 2.24) is 5.32 Å². The normalized spacial score (nSPS) is 9.76. The molecule has 0 saturated heterocycles. The molecular formula is C11H12ClIN2OS. The molecule has 0 atom stereocenters. The van der Waals surface area contributed by atoms with Gasteiger partial charge < -0.3 is 10.6 Å². The van der Waals surface area contributed by atoms with E-state index in [0.29, 0.717) is 23.8 Å². The lowest BCUT2D eigenvalue weighted by Gasteiger charge is -2.09. The Kier molecular flexibility index (Phi) is 6.76. The summed E-state index contributed by atoms with van der Waals surface area (Å²) in [6.07, 6.45) is 1.04. The van der Waals surface area contributed by atoms with Gasteiger partial charge in [-0.1, -0.05) is 0 Å². The van der Waals surface area contributed by atoms with Crippen molar-refractivity contribution in [2.75, 3.05) is 11.2 Å². The number of anilines is 1. The highest BCUT2D eigenvalue weighted by Crippen LogP contribution is 2.10. The van der Waals surface area contributed by atoms with Gasteiger partial charge in [-0.15, -0.1) is 11.6 Å². The highest BCUT2D eigenvalue weighted by atomic mass is 127. The fourth-order valence-corrected chi connectivity index (χ4v) is 1.84. The topological polar surface area (TPSA) is 41.1 Å². The van der Waals surface area contributed by atoms with Crippen molar-refractivity contribution in [3.05, 3.63) is 27.8 Å². The summed E-state index contributed by atoms with van der Waals surface area (Å²) < 4.78 is 1.14. The van der Waals surface area contributed by atoms with Crippen molar-refractivity contribution in [2.45, 2.75) is 12.8 Å². The number of hydrogen-bond donors (Lipinski definition) is 2. The smallest absolute Gasteiger partial charge is 0.226 e. The van der Waals surface area contributed by atoms with Crippen LogP contribution in [0.5, 0.6) is 0 Å². The lowest BCUT2D eigenvalue weighted by Crippen LogP contribution is -2.33. The van der Waals surface area contributed by atoms with Gasteiger partial charge in [0.2, 0.25) is 5.91 Å². The first-order chi connectivity index (χ1) is 8.11. The van der Waals surface area contributed by atoms with Crippen molar-refractivity contribution < 1.29 is 4.79 Å². The van der Waals surface area contributed by atoms with Gasteiger partial charge >= 0.3 is 0 Å². The van der Waals surface area contributed by atoms with E-state index >= 15 is 0 Å². The number of hydrogen-bond acceptors (Lipinski definition) is 2. The molecule has 1 aromatic carbocycles. The first-order valence-electron chi connectivity index (χ1n) is 5.04.